The lowest BCUT2D eigenvalue weighted by Gasteiger charge is -2.12. The van der Waals surface area contributed by atoms with Crippen LogP contribution in [0.5, 0.6) is 0 Å². The number of aromatic amines is 1. The molecule has 0 saturated heterocycles. The Kier molecular flexibility index (Phi) is 4.33. The van der Waals surface area contributed by atoms with Crippen LogP contribution in [0.3, 0.4) is 0 Å². The summed E-state index contributed by atoms with van der Waals surface area (Å²) >= 11 is 1.54. The number of H-pyrrole nitrogens is 1. The largest absolute Gasteiger partial charge is 0.309 e. The lowest BCUT2D eigenvalue weighted by Crippen LogP contribution is -2.21. The normalized spacial score (nSPS) is 11.5. The van der Waals surface area contributed by atoms with E-state index in [-0.39, 0.29) is 5.56 Å². The summed E-state index contributed by atoms with van der Waals surface area (Å²) in [7, 11) is 2.01. The molecule has 0 aliphatic carbocycles. The number of hydrogen-bond acceptors (Lipinski definition) is 4. The fourth-order valence-corrected chi connectivity index (χ4v) is 3.71. The quantitative estimate of drug-likeness (QED) is 0.794. The van der Waals surface area contributed by atoms with Crippen molar-refractivity contribution in [3.63, 3.8) is 0 Å². The lowest BCUT2D eigenvalue weighted by atomic mass is 9.99. The van der Waals surface area contributed by atoms with Crippen LogP contribution in [0.4, 0.5) is 0 Å². The molecule has 120 valence electrons. The zero-order valence-corrected chi connectivity index (χ0v) is 14.8. The van der Waals surface area contributed by atoms with Gasteiger partial charge in [-0.2, -0.15) is 0 Å². The van der Waals surface area contributed by atoms with E-state index in [0.717, 1.165) is 28.3 Å². The average Bonchev–Trinajstić information content (AvgIpc) is 2.91. The summed E-state index contributed by atoms with van der Waals surface area (Å²) < 4.78 is 0. The second-order valence-electron chi connectivity index (χ2n) is 5.99. The highest BCUT2D eigenvalue weighted by atomic mass is 32.1. The molecule has 0 saturated carbocycles. The summed E-state index contributed by atoms with van der Waals surface area (Å²) in [6, 6.07) is 6.31. The number of aryl methyl sites for hydroxylation is 2. The Labute approximate surface area is 139 Å². The van der Waals surface area contributed by atoms with Crippen molar-refractivity contribution in [1.82, 2.24) is 14.9 Å². The molecule has 0 radical (unpaired) electrons. The van der Waals surface area contributed by atoms with E-state index in [1.54, 1.807) is 0 Å². The van der Waals surface area contributed by atoms with Gasteiger partial charge in [0.1, 0.15) is 10.7 Å². The van der Waals surface area contributed by atoms with Crippen LogP contribution in [0, 0.1) is 13.8 Å². The minimum atomic E-state index is -0.0503. The van der Waals surface area contributed by atoms with Crippen LogP contribution in [0.2, 0.25) is 0 Å². The third kappa shape index (κ3) is 3.07. The number of hydrogen-bond donors (Lipinski definition) is 1. The zero-order valence-electron chi connectivity index (χ0n) is 13.9. The molecule has 0 unspecified atom stereocenters. The predicted molar refractivity (Wildman–Crippen MR) is 97.2 cm³/mol. The molecule has 4 nitrogen and oxygen atoms in total. The van der Waals surface area contributed by atoms with Crippen molar-refractivity contribution < 1.29 is 0 Å². The summed E-state index contributed by atoms with van der Waals surface area (Å²) in [5.41, 5.74) is 4.44. The number of benzene rings is 1. The van der Waals surface area contributed by atoms with Gasteiger partial charge in [0.2, 0.25) is 0 Å². The van der Waals surface area contributed by atoms with E-state index in [4.69, 9.17) is 0 Å². The van der Waals surface area contributed by atoms with Crippen LogP contribution in [0.1, 0.15) is 23.9 Å². The van der Waals surface area contributed by atoms with Gasteiger partial charge in [-0.1, -0.05) is 30.7 Å². The van der Waals surface area contributed by atoms with Gasteiger partial charge in [0.15, 0.2) is 0 Å². The Bertz CT molecular complexity index is 910. The molecule has 0 fully saturated rings. The fraction of sp³-hybridized carbons (Fsp3) is 0.333. The molecule has 23 heavy (non-hydrogen) atoms. The van der Waals surface area contributed by atoms with Crippen molar-refractivity contribution in [3.8, 4) is 11.1 Å². The Morgan fingerprint density at radius 3 is 2.74 bits per heavy atom. The predicted octanol–water partition coefficient (Wildman–Crippen LogP) is 3.72. The number of nitrogens with zero attached hydrogens (tertiary/aromatic N) is 2. The highest BCUT2D eigenvalue weighted by Crippen LogP contribution is 2.33. The number of aromatic nitrogens is 2. The van der Waals surface area contributed by atoms with Crippen LogP contribution >= 0.6 is 11.3 Å². The maximum absolute atomic E-state index is 12.6. The first-order valence-electron chi connectivity index (χ1n) is 7.76. The second kappa shape index (κ2) is 6.26. The average molecular weight is 327 g/mol. The van der Waals surface area contributed by atoms with E-state index in [9.17, 15) is 4.79 Å². The Balaban J connectivity index is 2.12. The van der Waals surface area contributed by atoms with Gasteiger partial charge in [-0.3, -0.25) is 9.69 Å². The van der Waals surface area contributed by atoms with Gasteiger partial charge in [-0.25, -0.2) is 4.98 Å². The maximum Gasteiger partial charge on any atom is 0.260 e. The Morgan fingerprint density at radius 1 is 1.26 bits per heavy atom. The molecule has 0 spiro atoms. The first-order chi connectivity index (χ1) is 11.0. The number of rotatable bonds is 4. The zero-order chi connectivity index (χ0) is 16.6. The van der Waals surface area contributed by atoms with Gasteiger partial charge in [0.25, 0.3) is 5.56 Å². The van der Waals surface area contributed by atoms with E-state index in [2.05, 4.69) is 53.8 Å². The van der Waals surface area contributed by atoms with Crippen LogP contribution in [0.15, 0.2) is 28.4 Å². The molecular weight excluding hydrogens is 306 g/mol. The van der Waals surface area contributed by atoms with Gasteiger partial charge >= 0.3 is 0 Å². The van der Waals surface area contributed by atoms with Crippen LogP contribution in [0.25, 0.3) is 21.3 Å². The van der Waals surface area contributed by atoms with Gasteiger partial charge in [-0.05, 0) is 38.6 Å². The topological polar surface area (TPSA) is 49.0 Å². The number of fused-ring (bicyclic) bond motifs is 1. The monoisotopic (exact) mass is 327 g/mol. The first kappa shape index (κ1) is 15.9. The van der Waals surface area contributed by atoms with Crippen molar-refractivity contribution in [1.29, 1.82) is 0 Å². The van der Waals surface area contributed by atoms with Crippen molar-refractivity contribution in [2.24, 2.45) is 0 Å². The van der Waals surface area contributed by atoms with Crippen molar-refractivity contribution in [3.05, 3.63) is 50.9 Å². The van der Waals surface area contributed by atoms with Crippen molar-refractivity contribution in [2.75, 3.05) is 13.6 Å². The molecule has 1 N–H and O–H groups in total. The smallest absolute Gasteiger partial charge is 0.260 e. The summed E-state index contributed by atoms with van der Waals surface area (Å²) in [5, 5.41) is 2.74. The molecule has 0 atom stereocenters. The standard InChI is InChI=1S/C18H21N3OS/c1-5-21(4)9-15-19-17(22)16-14(10-23-18(16)20-15)13-7-6-11(2)8-12(13)3/h6-8,10H,5,9H2,1-4H3,(H,19,20,22). The lowest BCUT2D eigenvalue weighted by molar-refractivity contribution is 0.336. The maximum atomic E-state index is 12.6. The molecule has 2 aromatic heterocycles. The van der Waals surface area contributed by atoms with E-state index in [1.807, 2.05) is 12.4 Å². The number of nitrogens with one attached hydrogen (secondary N) is 1. The van der Waals surface area contributed by atoms with Crippen LogP contribution in [-0.2, 0) is 6.54 Å². The highest BCUT2D eigenvalue weighted by molar-refractivity contribution is 7.17. The summed E-state index contributed by atoms with van der Waals surface area (Å²) in [5.74, 6) is 0.723. The Hall–Kier alpha value is -1.98. The molecule has 0 bridgehead atoms. The molecule has 0 aliphatic heterocycles. The van der Waals surface area contributed by atoms with Crippen molar-refractivity contribution >= 4 is 21.6 Å². The summed E-state index contributed by atoms with van der Waals surface area (Å²) in [6.07, 6.45) is 0. The first-order valence-corrected chi connectivity index (χ1v) is 8.64. The van der Waals surface area contributed by atoms with E-state index >= 15 is 0 Å². The van der Waals surface area contributed by atoms with Gasteiger partial charge < -0.3 is 4.98 Å². The van der Waals surface area contributed by atoms with E-state index < -0.39 is 0 Å². The molecule has 2 heterocycles. The van der Waals surface area contributed by atoms with Gasteiger partial charge in [0.05, 0.1) is 11.9 Å². The van der Waals surface area contributed by atoms with Gasteiger partial charge in [0, 0.05) is 10.9 Å². The van der Waals surface area contributed by atoms with Crippen LogP contribution < -0.4 is 5.56 Å². The highest BCUT2D eigenvalue weighted by Gasteiger charge is 2.14. The third-order valence-electron chi connectivity index (χ3n) is 4.12. The summed E-state index contributed by atoms with van der Waals surface area (Å²) in [6.45, 7) is 7.81. The summed E-state index contributed by atoms with van der Waals surface area (Å²) in [4.78, 5) is 23.1. The SMILES string of the molecule is CCN(C)Cc1nc2scc(-c3ccc(C)cc3C)c2c(=O)[nH]1. The Morgan fingerprint density at radius 2 is 2.04 bits per heavy atom. The second-order valence-corrected chi connectivity index (χ2v) is 6.85. The van der Waals surface area contributed by atoms with Crippen LogP contribution in [-0.4, -0.2) is 28.5 Å². The molecule has 3 aromatic rings. The minimum Gasteiger partial charge on any atom is -0.309 e. The molecular formula is C18H21N3OS. The van der Waals surface area contributed by atoms with E-state index in [0.29, 0.717) is 11.9 Å². The molecule has 3 rings (SSSR count). The van der Waals surface area contributed by atoms with Gasteiger partial charge in [-0.15, -0.1) is 11.3 Å². The molecule has 0 amide bonds. The van der Waals surface area contributed by atoms with E-state index in [1.165, 1.54) is 22.5 Å². The molecule has 0 aliphatic rings. The minimum absolute atomic E-state index is 0.0503. The fourth-order valence-electron chi connectivity index (χ4n) is 2.75. The number of thiophene rings is 1. The molecule has 1 aromatic carbocycles. The third-order valence-corrected chi connectivity index (χ3v) is 5.00. The molecule has 5 heteroatoms. The van der Waals surface area contributed by atoms with Crippen molar-refractivity contribution in [2.45, 2.75) is 27.3 Å².